The van der Waals surface area contributed by atoms with Gasteiger partial charge in [-0.25, -0.2) is 0 Å². The molecule has 0 unspecified atom stereocenters. The largest absolute Gasteiger partial charge is 2.00 e. The molecule has 0 aliphatic rings. The van der Waals surface area contributed by atoms with Gasteiger partial charge in [0.25, 0.3) is 0 Å². The molecule has 0 spiro atoms. The molecule has 0 aliphatic heterocycles. The van der Waals surface area contributed by atoms with Crippen LogP contribution in [0, 0.1) is 0 Å². The second kappa shape index (κ2) is 17.3. The number of hydrogen-bond donors (Lipinski definition) is 0. The predicted octanol–water partition coefficient (Wildman–Crippen LogP) is -5.80. The quantitative estimate of drug-likeness (QED) is 0.475. The Morgan fingerprint density at radius 1 is 0.733 bits per heavy atom. The van der Waals surface area contributed by atoms with Crippen molar-refractivity contribution in [2.75, 3.05) is 28.2 Å². The first-order valence-electron chi connectivity index (χ1n) is 3.64. The zero-order valence-corrected chi connectivity index (χ0v) is 15.0. The summed E-state index contributed by atoms with van der Waals surface area (Å²) in [6.45, 7) is 3.43. The van der Waals surface area contributed by atoms with Crippen LogP contribution in [-0.4, -0.2) is 55.0 Å². The molecule has 0 atom stereocenters. The van der Waals surface area contributed by atoms with Crippen molar-refractivity contribution < 1.29 is 55.5 Å². The van der Waals surface area contributed by atoms with E-state index in [2.05, 4.69) is 0 Å². The molecule has 0 saturated heterocycles. The monoisotopic (exact) mass is 324 g/mol. The van der Waals surface area contributed by atoms with E-state index in [9.17, 15) is 8.92 Å². The third-order valence-corrected chi connectivity index (χ3v) is 3.78. The van der Waals surface area contributed by atoms with Gasteiger partial charge in [-0.2, -0.15) is 0 Å². The van der Waals surface area contributed by atoms with Crippen LogP contribution in [0.25, 0.3) is 0 Å². The van der Waals surface area contributed by atoms with Crippen LogP contribution in [0.2, 0.25) is 13.1 Å². The molecule has 0 bridgehead atoms. The maximum Gasteiger partial charge on any atom is 2.00 e. The van der Waals surface area contributed by atoms with Gasteiger partial charge in [-0.3, -0.25) is 0 Å². The minimum atomic E-state index is -1.37. The van der Waals surface area contributed by atoms with Gasteiger partial charge in [0.15, 0.2) is 0 Å². The average molecular weight is 325 g/mol. The maximum absolute atomic E-state index is 10.3. The summed E-state index contributed by atoms with van der Waals surface area (Å²) >= 11 is 0. The first-order chi connectivity index (χ1) is 5.29. The van der Waals surface area contributed by atoms with Crippen LogP contribution >= 0.6 is 0 Å². The fraction of sp³-hybridized carbons (Fsp3) is 1.00. The van der Waals surface area contributed by atoms with Crippen LogP contribution in [0.15, 0.2) is 0 Å². The SMILES string of the molecule is CN(C)[Si](C)=O.CN(C)[Si](C)=O.[Cl-].[Cl-].[Ti+2]. The summed E-state index contributed by atoms with van der Waals surface area (Å²) < 4.78 is 23.9. The van der Waals surface area contributed by atoms with Gasteiger partial charge in [0.1, 0.15) is 0 Å². The number of hydrogen-bond acceptors (Lipinski definition) is 2. The van der Waals surface area contributed by atoms with Gasteiger partial charge >= 0.3 is 39.4 Å². The number of nitrogens with zero attached hydrogens (tertiary/aromatic N) is 2. The van der Waals surface area contributed by atoms with Crippen molar-refractivity contribution >= 4 is 17.7 Å². The van der Waals surface area contributed by atoms with Crippen LogP contribution in [0.1, 0.15) is 0 Å². The zero-order chi connectivity index (χ0) is 10.3. The van der Waals surface area contributed by atoms with Crippen LogP contribution in [-0.2, 0) is 30.6 Å². The molecule has 0 N–H and O–H groups in total. The Bertz CT molecular complexity index is 155. The Morgan fingerprint density at radius 2 is 0.800 bits per heavy atom. The molecule has 9 heteroatoms. The van der Waals surface area contributed by atoms with Gasteiger partial charge in [0.2, 0.25) is 0 Å². The van der Waals surface area contributed by atoms with Crippen molar-refractivity contribution in [3.63, 3.8) is 0 Å². The minimum absolute atomic E-state index is 0. The molecule has 90 valence electrons. The standard InChI is InChI=1S/2C3H9NOSi.2ClH.Ti/c2*1-4(2)6(3)5;;;/h2*1-3H3;2*1H;/q;;;;+2/p-2. The summed E-state index contributed by atoms with van der Waals surface area (Å²) in [5, 5.41) is 0. The molecule has 0 heterocycles. The van der Waals surface area contributed by atoms with Crippen LogP contribution in [0.3, 0.4) is 0 Å². The number of rotatable bonds is 2. The van der Waals surface area contributed by atoms with Crippen LogP contribution in [0.4, 0.5) is 0 Å². The van der Waals surface area contributed by atoms with E-state index < -0.39 is 17.7 Å². The molecule has 0 amide bonds. The normalized spacial score (nSPS) is 6.27. The zero-order valence-electron chi connectivity index (χ0n) is 9.97. The van der Waals surface area contributed by atoms with Gasteiger partial charge < -0.3 is 42.9 Å². The number of halogens is 2. The fourth-order valence-electron chi connectivity index (χ4n) is 0. The van der Waals surface area contributed by atoms with E-state index in [1.807, 2.05) is 0 Å². The van der Waals surface area contributed by atoms with Crippen LogP contribution in [0.5, 0.6) is 0 Å². The first-order valence-corrected chi connectivity index (χ1v) is 7.36. The molecule has 15 heavy (non-hydrogen) atoms. The Morgan fingerprint density at radius 3 is 0.800 bits per heavy atom. The van der Waals surface area contributed by atoms with Crippen molar-refractivity contribution in [3.05, 3.63) is 0 Å². The second-order valence-corrected chi connectivity index (χ2v) is 6.69. The summed E-state index contributed by atoms with van der Waals surface area (Å²) in [7, 11) is 4.49. The minimum Gasteiger partial charge on any atom is -1.00 e. The summed E-state index contributed by atoms with van der Waals surface area (Å²) in [5.74, 6) is 0. The molecule has 0 aromatic rings. The van der Waals surface area contributed by atoms with Crippen molar-refractivity contribution in [2.45, 2.75) is 13.1 Å². The van der Waals surface area contributed by atoms with E-state index in [-0.39, 0.29) is 46.5 Å². The Balaban J connectivity index is -0.0000000370. The fourth-order valence-corrected chi connectivity index (χ4v) is 0. The van der Waals surface area contributed by atoms with E-state index in [1.54, 1.807) is 50.4 Å². The third-order valence-electron chi connectivity index (χ3n) is 1.26. The van der Waals surface area contributed by atoms with Gasteiger partial charge in [0, 0.05) is 0 Å². The molecule has 0 aliphatic carbocycles. The summed E-state index contributed by atoms with van der Waals surface area (Å²) in [5.41, 5.74) is 0. The van der Waals surface area contributed by atoms with Crippen molar-refractivity contribution in [1.82, 2.24) is 9.13 Å². The molecule has 0 rings (SSSR count). The summed E-state index contributed by atoms with van der Waals surface area (Å²) in [6.07, 6.45) is 0. The van der Waals surface area contributed by atoms with Gasteiger partial charge in [0.05, 0.1) is 0 Å². The summed E-state index contributed by atoms with van der Waals surface area (Å²) in [4.78, 5) is 0. The first kappa shape index (κ1) is 29.7. The third kappa shape index (κ3) is 31.3. The molecule has 0 saturated carbocycles. The Labute approximate surface area is 123 Å². The van der Waals surface area contributed by atoms with E-state index in [0.29, 0.717) is 0 Å². The molecular weight excluding hydrogens is 307 g/mol. The van der Waals surface area contributed by atoms with E-state index in [1.165, 1.54) is 0 Å². The second-order valence-electron chi connectivity index (χ2n) is 2.83. The van der Waals surface area contributed by atoms with Gasteiger partial charge in [-0.15, -0.1) is 0 Å². The van der Waals surface area contributed by atoms with E-state index in [4.69, 9.17) is 0 Å². The molecule has 0 radical (unpaired) electrons. The van der Waals surface area contributed by atoms with Gasteiger partial charge in [-0.1, -0.05) is 0 Å². The Hall–Kier alpha value is 0.928. The molecule has 0 aromatic carbocycles. The smallest absolute Gasteiger partial charge is 1.00 e. The summed E-state index contributed by atoms with van der Waals surface area (Å²) in [6, 6.07) is 0. The van der Waals surface area contributed by atoms with Crippen LogP contribution < -0.4 is 24.8 Å². The van der Waals surface area contributed by atoms with E-state index >= 15 is 0 Å². The van der Waals surface area contributed by atoms with Crippen molar-refractivity contribution in [2.24, 2.45) is 0 Å². The molecule has 0 aromatic heterocycles. The Kier molecular flexibility index (Phi) is 34.3. The molecule has 4 nitrogen and oxygen atoms in total. The topological polar surface area (TPSA) is 40.6 Å². The van der Waals surface area contributed by atoms with Gasteiger partial charge in [-0.05, 0) is 41.3 Å². The predicted molar refractivity (Wildman–Crippen MR) is 52.0 cm³/mol. The molecular formula is C6H18Cl2N2O2Si2Ti. The maximum atomic E-state index is 10.3. The molecule has 0 fully saturated rings. The van der Waals surface area contributed by atoms with Crippen molar-refractivity contribution in [3.8, 4) is 0 Å². The average Bonchev–Trinajstić information content (AvgIpc) is 1.88. The van der Waals surface area contributed by atoms with Crippen molar-refractivity contribution in [1.29, 1.82) is 0 Å². The van der Waals surface area contributed by atoms with E-state index in [0.717, 1.165) is 0 Å².